The Morgan fingerprint density at radius 2 is 1.76 bits per heavy atom. The number of nitrogens with zero attached hydrogens (tertiary/aromatic N) is 4. The smallest absolute Gasteiger partial charge is 0.293 e. The fourth-order valence-corrected chi connectivity index (χ4v) is 5.41. The molecule has 3 rings (SSSR count). The number of aryl methyl sites for hydroxylation is 1. The molecule has 0 atom stereocenters. The second-order valence-electron chi connectivity index (χ2n) is 7.97. The lowest BCUT2D eigenvalue weighted by Gasteiger charge is -2.35. The van der Waals surface area contributed by atoms with Crippen molar-refractivity contribution >= 4 is 27.3 Å². The maximum Gasteiger partial charge on any atom is 0.293 e. The molecule has 0 aliphatic carbocycles. The molecular formula is C23H30N4O6S. The Hall–Kier alpha value is -3.18. The van der Waals surface area contributed by atoms with Crippen LogP contribution in [0.1, 0.15) is 19.4 Å². The number of carbonyl (C=O) groups excluding carboxylic acids is 1. The first-order valence-corrected chi connectivity index (χ1v) is 12.6. The van der Waals surface area contributed by atoms with Gasteiger partial charge >= 0.3 is 0 Å². The fourth-order valence-electron chi connectivity index (χ4n) is 3.93. The van der Waals surface area contributed by atoms with Crippen molar-refractivity contribution in [1.82, 2.24) is 9.21 Å². The number of nitro groups is 1. The van der Waals surface area contributed by atoms with Gasteiger partial charge in [-0.15, -0.1) is 0 Å². The summed E-state index contributed by atoms with van der Waals surface area (Å²) in [4.78, 5) is 27.1. The van der Waals surface area contributed by atoms with Gasteiger partial charge in [0.2, 0.25) is 10.0 Å². The first-order chi connectivity index (χ1) is 16.2. The number of piperazine rings is 1. The number of ether oxygens (including phenoxy) is 1. The van der Waals surface area contributed by atoms with Gasteiger partial charge in [-0.3, -0.25) is 14.9 Å². The molecule has 1 aliphatic rings. The van der Waals surface area contributed by atoms with Crippen molar-refractivity contribution in [3.63, 3.8) is 0 Å². The number of nitro benzene ring substituents is 1. The number of hydrogen-bond donors (Lipinski definition) is 0. The fraction of sp³-hybridized carbons (Fsp3) is 0.435. The van der Waals surface area contributed by atoms with Gasteiger partial charge in [0, 0.05) is 45.3 Å². The van der Waals surface area contributed by atoms with Crippen LogP contribution in [0.15, 0.2) is 47.4 Å². The highest BCUT2D eigenvalue weighted by Crippen LogP contribution is 2.32. The number of benzene rings is 2. The molecule has 1 aliphatic heterocycles. The summed E-state index contributed by atoms with van der Waals surface area (Å²) in [6.45, 7) is 7.39. The van der Waals surface area contributed by atoms with E-state index >= 15 is 0 Å². The Balaban J connectivity index is 1.68. The Bertz CT molecular complexity index is 1140. The van der Waals surface area contributed by atoms with Gasteiger partial charge in [-0.2, -0.15) is 4.31 Å². The highest BCUT2D eigenvalue weighted by atomic mass is 32.2. The topological polar surface area (TPSA) is 113 Å². The normalized spacial score (nSPS) is 14.4. The summed E-state index contributed by atoms with van der Waals surface area (Å²) in [7, 11) is -3.81. The van der Waals surface area contributed by atoms with Crippen molar-refractivity contribution in [3.8, 4) is 5.75 Å². The summed E-state index contributed by atoms with van der Waals surface area (Å²) in [6, 6.07) is 11.5. The molecule has 1 amide bonds. The second-order valence-corrected chi connectivity index (χ2v) is 9.91. The van der Waals surface area contributed by atoms with Gasteiger partial charge in [0.15, 0.2) is 6.61 Å². The lowest BCUT2D eigenvalue weighted by Crippen LogP contribution is -2.50. The van der Waals surface area contributed by atoms with Crippen molar-refractivity contribution in [2.45, 2.75) is 25.7 Å². The lowest BCUT2D eigenvalue weighted by atomic mass is 10.2. The summed E-state index contributed by atoms with van der Waals surface area (Å²) >= 11 is 0. The molecule has 11 heteroatoms. The van der Waals surface area contributed by atoms with Crippen molar-refractivity contribution in [2.24, 2.45) is 0 Å². The third-order valence-electron chi connectivity index (χ3n) is 5.81. The zero-order valence-electron chi connectivity index (χ0n) is 19.6. The van der Waals surface area contributed by atoms with E-state index in [0.717, 1.165) is 11.6 Å². The van der Waals surface area contributed by atoms with Crippen LogP contribution in [0.2, 0.25) is 0 Å². The summed E-state index contributed by atoms with van der Waals surface area (Å²) < 4.78 is 32.4. The lowest BCUT2D eigenvalue weighted by molar-refractivity contribution is -0.384. The molecule has 0 spiro atoms. The third kappa shape index (κ3) is 5.65. The minimum atomic E-state index is -3.81. The Labute approximate surface area is 199 Å². The molecule has 0 radical (unpaired) electrons. The summed E-state index contributed by atoms with van der Waals surface area (Å²) in [6.07, 6.45) is 0. The predicted octanol–water partition coefficient (Wildman–Crippen LogP) is 2.66. The van der Waals surface area contributed by atoms with Gasteiger partial charge in [-0.25, -0.2) is 8.42 Å². The standard InChI is InChI=1S/C23H30N4O6S/c1-4-26(5-2)34(31,32)20-9-10-21(22(16-20)27(29)30)24-11-13-25(14-12-24)23(28)17-33-19-8-6-7-18(3)15-19/h6-10,15-16H,4-5,11-14,17H2,1-3H3. The number of rotatable bonds is 9. The minimum absolute atomic E-state index is 0.0818. The van der Waals surface area contributed by atoms with E-state index in [9.17, 15) is 23.3 Å². The van der Waals surface area contributed by atoms with E-state index in [0.29, 0.717) is 37.6 Å². The molecule has 0 aromatic heterocycles. The predicted molar refractivity (Wildman–Crippen MR) is 129 cm³/mol. The van der Waals surface area contributed by atoms with Crippen molar-refractivity contribution in [3.05, 3.63) is 58.1 Å². The Kier molecular flexibility index (Phi) is 8.11. The van der Waals surface area contributed by atoms with Crippen LogP contribution in [0.5, 0.6) is 5.75 Å². The highest BCUT2D eigenvalue weighted by Gasteiger charge is 2.29. The number of sulfonamides is 1. The van der Waals surface area contributed by atoms with E-state index in [2.05, 4.69) is 0 Å². The molecule has 0 unspecified atom stereocenters. The van der Waals surface area contributed by atoms with Crippen LogP contribution in [0.4, 0.5) is 11.4 Å². The van der Waals surface area contributed by atoms with Crippen LogP contribution in [-0.4, -0.2) is 74.3 Å². The molecule has 2 aromatic rings. The van der Waals surface area contributed by atoms with Gasteiger partial charge in [-0.05, 0) is 36.8 Å². The number of carbonyl (C=O) groups is 1. The van der Waals surface area contributed by atoms with Gasteiger partial charge in [0.05, 0.1) is 9.82 Å². The van der Waals surface area contributed by atoms with E-state index in [-0.39, 0.29) is 36.2 Å². The van der Waals surface area contributed by atoms with E-state index in [1.807, 2.05) is 25.1 Å². The third-order valence-corrected chi connectivity index (χ3v) is 7.86. The van der Waals surface area contributed by atoms with Crippen LogP contribution in [0.25, 0.3) is 0 Å². The molecule has 34 heavy (non-hydrogen) atoms. The molecular weight excluding hydrogens is 460 g/mol. The first-order valence-electron chi connectivity index (χ1n) is 11.2. The molecule has 1 saturated heterocycles. The van der Waals surface area contributed by atoms with Gasteiger partial charge in [0.25, 0.3) is 11.6 Å². The highest BCUT2D eigenvalue weighted by molar-refractivity contribution is 7.89. The monoisotopic (exact) mass is 490 g/mol. The maximum atomic E-state index is 12.8. The van der Waals surface area contributed by atoms with Crippen molar-refractivity contribution < 1.29 is 22.9 Å². The van der Waals surface area contributed by atoms with Crippen LogP contribution >= 0.6 is 0 Å². The molecule has 0 bridgehead atoms. The molecule has 0 saturated carbocycles. The average Bonchev–Trinajstić information content (AvgIpc) is 2.83. The molecule has 1 fully saturated rings. The summed E-state index contributed by atoms with van der Waals surface area (Å²) in [5.41, 5.74) is 1.11. The Morgan fingerprint density at radius 1 is 1.09 bits per heavy atom. The van der Waals surface area contributed by atoms with Gasteiger partial charge in [0.1, 0.15) is 11.4 Å². The van der Waals surface area contributed by atoms with Gasteiger partial charge in [-0.1, -0.05) is 26.0 Å². The van der Waals surface area contributed by atoms with Crippen LogP contribution in [0.3, 0.4) is 0 Å². The second kappa shape index (κ2) is 10.8. The molecule has 10 nitrogen and oxygen atoms in total. The minimum Gasteiger partial charge on any atom is -0.484 e. The van der Waals surface area contributed by atoms with Crippen LogP contribution < -0.4 is 9.64 Å². The summed E-state index contributed by atoms with van der Waals surface area (Å²) in [5, 5.41) is 11.8. The Morgan fingerprint density at radius 3 is 2.35 bits per heavy atom. The molecule has 2 aromatic carbocycles. The maximum absolute atomic E-state index is 12.8. The van der Waals surface area contributed by atoms with E-state index in [1.165, 1.54) is 16.4 Å². The van der Waals surface area contributed by atoms with Gasteiger partial charge < -0.3 is 14.5 Å². The molecule has 1 heterocycles. The van der Waals surface area contributed by atoms with Crippen LogP contribution in [0, 0.1) is 17.0 Å². The van der Waals surface area contributed by atoms with E-state index < -0.39 is 14.9 Å². The first kappa shape index (κ1) is 25.4. The quantitative estimate of drug-likeness (QED) is 0.392. The SMILES string of the molecule is CCN(CC)S(=O)(=O)c1ccc(N2CCN(C(=O)COc3cccc(C)c3)CC2)c([N+](=O)[O-])c1. The molecule has 0 N–H and O–H groups in total. The summed E-state index contributed by atoms with van der Waals surface area (Å²) in [5.74, 6) is 0.471. The van der Waals surface area contributed by atoms with E-state index in [1.54, 1.807) is 29.7 Å². The zero-order valence-corrected chi connectivity index (χ0v) is 20.5. The zero-order chi connectivity index (χ0) is 24.9. The number of hydrogen-bond acceptors (Lipinski definition) is 7. The average molecular weight is 491 g/mol. The number of amides is 1. The molecule has 184 valence electrons. The van der Waals surface area contributed by atoms with E-state index in [4.69, 9.17) is 4.74 Å². The van der Waals surface area contributed by atoms with Crippen LogP contribution in [-0.2, 0) is 14.8 Å². The van der Waals surface area contributed by atoms with Crippen molar-refractivity contribution in [2.75, 3.05) is 50.8 Å². The largest absolute Gasteiger partial charge is 0.484 e. The van der Waals surface area contributed by atoms with Crippen molar-refractivity contribution in [1.29, 1.82) is 0 Å². The number of anilines is 1.